The largest absolute Gasteiger partial charge is 4.00 e. The van der Waals surface area contributed by atoms with Crippen molar-refractivity contribution in [1.82, 2.24) is 4.98 Å². The van der Waals surface area contributed by atoms with E-state index in [-0.39, 0.29) is 55.1 Å². The first-order valence-corrected chi connectivity index (χ1v) is 27.0. The van der Waals surface area contributed by atoms with Gasteiger partial charge >= 0.3 is 21.7 Å². The standard InChI is InChI=1S/C22H31NSSi.C22H30NSSi.3CH3.Ti/c2*1-14-11-12-15-17(13-14)19-16-9-7-8-10-18(16)24-20(19)21(15)25(5,6)23-22(2,3)4;;;;/h7-13,15,17,19-21,23H,1-6H3;7-13,15,17,19-21H,1-6H3;3*1H3;/q;4*-1;+4. The van der Waals surface area contributed by atoms with Gasteiger partial charge in [0, 0.05) is 37.7 Å². The van der Waals surface area contributed by atoms with Gasteiger partial charge in [-0.2, -0.15) is 0 Å². The van der Waals surface area contributed by atoms with E-state index in [0.717, 1.165) is 10.8 Å². The van der Waals surface area contributed by atoms with Crippen molar-refractivity contribution in [3.63, 3.8) is 0 Å². The van der Waals surface area contributed by atoms with E-state index in [4.69, 9.17) is 4.98 Å². The van der Waals surface area contributed by atoms with Crippen LogP contribution in [0.4, 0.5) is 0 Å². The van der Waals surface area contributed by atoms with E-state index < -0.39 is 16.5 Å². The molecule has 54 heavy (non-hydrogen) atoms. The van der Waals surface area contributed by atoms with Crippen LogP contribution in [0, 0.1) is 46.0 Å². The third-order valence-corrected chi connectivity index (χ3v) is 23.0. The molecule has 2 nitrogen and oxygen atoms in total. The van der Waals surface area contributed by atoms with Gasteiger partial charge in [0.25, 0.3) is 0 Å². The molecule has 0 amide bonds. The van der Waals surface area contributed by atoms with E-state index in [1.165, 1.54) is 20.9 Å². The van der Waals surface area contributed by atoms with Crippen LogP contribution in [0.15, 0.2) is 106 Å². The maximum Gasteiger partial charge on any atom is 4.00 e. The number of allylic oxidation sites excluding steroid dienone is 8. The number of fused-ring (bicyclic) bond motifs is 10. The number of nitrogens with zero attached hydrogens (tertiary/aromatic N) is 1. The molecular weight excluding hydrogens is 761 g/mol. The van der Waals surface area contributed by atoms with E-state index in [1.54, 1.807) is 11.1 Å². The van der Waals surface area contributed by atoms with Gasteiger partial charge in [-0.3, -0.25) is 0 Å². The molecule has 4 aliphatic carbocycles. The van der Waals surface area contributed by atoms with Crippen molar-refractivity contribution in [3.05, 3.63) is 135 Å². The van der Waals surface area contributed by atoms with Crippen LogP contribution in [-0.2, 0) is 21.7 Å². The zero-order valence-corrected chi connectivity index (χ0v) is 41.3. The number of hydrogen-bond acceptors (Lipinski definition) is 3. The molecule has 2 saturated carbocycles. The molecule has 2 aromatic carbocycles. The minimum Gasteiger partial charge on any atom is -0.660 e. The third kappa shape index (κ3) is 9.07. The number of rotatable bonds is 4. The fraction of sp³-hybridized carbons (Fsp3) is 0.511. The Morgan fingerprint density at radius 1 is 0.611 bits per heavy atom. The summed E-state index contributed by atoms with van der Waals surface area (Å²) < 4.78 is 0. The molecule has 0 aromatic heterocycles. The van der Waals surface area contributed by atoms with Crippen LogP contribution < -0.4 is 4.98 Å². The maximum atomic E-state index is 5.43. The number of nitrogens with one attached hydrogen (secondary N) is 1. The van der Waals surface area contributed by atoms with Crippen molar-refractivity contribution in [2.45, 2.75) is 136 Å². The first kappa shape index (κ1) is 47.5. The Kier molecular flexibility index (Phi) is 15.1. The predicted molar refractivity (Wildman–Crippen MR) is 245 cm³/mol. The number of benzene rings is 2. The van der Waals surface area contributed by atoms with Gasteiger partial charge < -0.3 is 32.2 Å². The normalized spacial score (nSPS) is 31.2. The van der Waals surface area contributed by atoms with Gasteiger partial charge in [0.05, 0.1) is 0 Å². The Hall–Kier alpha value is -0.832. The van der Waals surface area contributed by atoms with Gasteiger partial charge in [-0.25, -0.2) is 0 Å². The molecule has 0 spiro atoms. The first-order valence-electron chi connectivity index (χ1n) is 19.1. The van der Waals surface area contributed by atoms with Gasteiger partial charge in [0.2, 0.25) is 0 Å². The van der Waals surface area contributed by atoms with Crippen LogP contribution in [0.5, 0.6) is 0 Å². The van der Waals surface area contributed by atoms with E-state index in [9.17, 15) is 0 Å². The van der Waals surface area contributed by atoms with Crippen molar-refractivity contribution in [2.75, 3.05) is 0 Å². The second-order valence-corrected chi connectivity index (χ2v) is 30.2. The molecule has 6 aliphatic rings. The van der Waals surface area contributed by atoms with Crippen LogP contribution in [0.25, 0.3) is 4.98 Å². The summed E-state index contributed by atoms with van der Waals surface area (Å²) in [4.78, 5) is 12.6. The number of hydrogen-bond donors (Lipinski definition) is 1. The summed E-state index contributed by atoms with van der Waals surface area (Å²) in [6, 6.07) is 18.3. The summed E-state index contributed by atoms with van der Waals surface area (Å²) in [5.74, 6) is 4.02. The van der Waals surface area contributed by atoms with Gasteiger partial charge in [-0.1, -0.05) is 139 Å². The number of thioether (sulfide) groups is 2. The quantitative estimate of drug-likeness (QED) is 0.246. The SMILES string of the molecule is CC1=CC2C(C=C1)C([Si](C)(C)NC(C)(C)C)C1Sc3ccccc3C21.CC1=CC2C(C=C1)C([Si](C)(C)[N-]C(C)(C)C)C1Sc3ccccc3C21.[CH3-].[CH3-].[CH3-].[Ti+4]. The zero-order chi connectivity index (χ0) is 36.0. The minimum absolute atomic E-state index is 0. The maximum absolute atomic E-state index is 5.43. The Balaban J connectivity index is 0.000000270. The van der Waals surface area contributed by atoms with E-state index in [2.05, 4.69) is 195 Å². The monoisotopic (exact) mass is 830 g/mol. The fourth-order valence-corrected chi connectivity index (χ4v) is 25.5. The molecule has 2 aliphatic heterocycles. The molecule has 2 heterocycles. The topological polar surface area (TPSA) is 26.1 Å². The van der Waals surface area contributed by atoms with Crippen LogP contribution in [-0.4, -0.2) is 38.0 Å². The predicted octanol–water partition coefficient (Wildman–Crippen LogP) is 14.1. The molecule has 0 saturated heterocycles. The summed E-state index contributed by atoms with van der Waals surface area (Å²) in [5.41, 5.74) is 7.79. The molecule has 292 valence electrons. The summed E-state index contributed by atoms with van der Waals surface area (Å²) in [6.07, 6.45) is 14.9. The van der Waals surface area contributed by atoms with Gasteiger partial charge in [0.1, 0.15) is 8.24 Å². The van der Waals surface area contributed by atoms with Gasteiger partial charge in [0.15, 0.2) is 0 Å². The van der Waals surface area contributed by atoms with E-state index in [1.807, 2.05) is 0 Å². The molecule has 0 bridgehead atoms. The first-order chi connectivity index (χ1) is 23.3. The van der Waals surface area contributed by atoms with Crippen LogP contribution >= 0.6 is 23.5 Å². The molecule has 8 rings (SSSR count). The molecule has 7 heteroatoms. The van der Waals surface area contributed by atoms with E-state index in [0.29, 0.717) is 46.3 Å². The average Bonchev–Trinajstić information content (AvgIpc) is 3.71. The van der Waals surface area contributed by atoms with Crippen molar-refractivity contribution < 1.29 is 21.7 Å². The Labute approximate surface area is 358 Å². The minimum atomic E-state index is -1.74. The molecule has 10 unspecified atom stereocenters. The molecule has 2 fully saturated rings. The zero-order valence-electron chi connectivity index (χ0n) is 36.1. The molecule has 10 atom stereocenters. The third-order valence-electron chi connectivity index (χ3n) is 12.1. The van der Waals surface area contributed by atoms with Gasteiger partial charge in [-0.05, 0) is 92.6 Å². The van der Waals surface area contributed by atoms with Crippen LogP contribution in [0.3, 0.4) is 0 Å². The molecular formula is C47H70N2S2Si2Ti. The fourth-order valence-electron chi connectivity index (χ4n) is 11.3. The van der Waals surface area contributed by atoms with Crippen LogP contribution in [0.2, 0.25) is 37.3 Å². The summed E-state index contributed by atoms with van der Waals surface area (Å²) in [5, 5.41) is 1.41. The Morgan fingerprint density at radius 2 is 1.02 bits per heavy atom. The second kappa shape index (κ2) is 17.2. The second-order valence-electron chi connectivity index (χ2n) is 19.2. The van der Waals surface area contributed by atoms with Crippen LogP contribution in [0.1, 0.15) is 78.4 Å². The van der Waals surface area contributed by atoms with Crippen molar-refractivity contribution in [3.8, 4) is 0 Å². The van der Waals surface area contributed by atoms with Crippen molar-refractivity contribution >= 4 is 40.0 Å². The molecule has 2 aromatic rings. The van der Waals surface area contributed by atoms with E-state index >= 15 is 0 Å². The Morgan fingerprint density at radius 3 is 1.44 bits per heavy atom. The van der Waals surface area contributed by atoms with Crippen molar-refractivity contribution in [1.29, 1.82) is 0 Å². The Bertz CT molecular complexity index is 1620. The molecule has 0 radical (unpaired) electrons. The summed E-state index contributed by atoms with van der Waals surface area (Å²) in [6.45, 7) is 28.4. The summed E-state index contributed by atoms with van der Waals surface area (Å²) in [7, 11) is -3.35. The van der Waals surface area contributed by atoms with Crippen molar-refractivity contribution in [2.24, 2.45) is 23.7 Å². The van der Waals surface area contributed by atoms with Gasteiger partial charge in [-0.15, -0.1) is 29.1 Å². The summed E-state index contributed by atoms with van der Waals surface area (Å²) >= 11 is 4.31. The average molecular weight is 831 g/mol. The smallest absolute Gasteiger partial charge is 0.660 e. The molecule has 1 N–H and O–H groups in total.